The van der Waals surface area contributed by atoms with E-state index in [9.17, 15) is 0 Å². The summed E-state index contributed by atoms with van der Waals surface area (Å²) in [6.07, 6.45) is 0. The number of nitrogens with zero attached hydrogens (tertiary/aromatic N) is 1. The fourth-order valence-corrected chi connectivity index (χ4v) is 8.81. The Labute approximate surface area is 337 Å². The Kier molecular flexibility index (Phi) is 8.19. The number of anilines is 3. The Balaban J connectivity index is 1.18. The fraction of sp³-hybridized carbons (Fsp3) is 0. The van der Waals surface area contributed by atoms with Crippen LogP contribution in [-0.4, -0.2) is 0 Å². The fourth-order valence-electron chi connectivity index (χ4n) is 8.81. The quantitative estimate of drug-likeness (QED) is 0.162. The maximum Gasteiger partial charge on any atom is 0.137 e. The van der Waals surface area contributed by atoms with E-state index in [0.717, 1.165) is 44.6 Å². The first-order valence-electron chi connectivity index (χ1n) is 19.8. The van der Waals surface area contributed by atoms with Gasteiger partial charge in [0.05, 0.1) is 5.69 Å². The molecule has 58 heavy (non-hydrogen) atoms. The molecule has 0 unspecified atom stereocenters. The molecule has 0 atom stereocenters. The summed E-state index contributed by atoms with van der Waals surface area (Å²) in [7, 11) is 0. The molecule has 0 spiro atoms. The van der Waals surface area contributed by atoms with Crippen molar-refractivity contribution in [1.29, 1.82) is 0 Å². The van der Waals surface area contributed by atoms with Crippen LogP contribution in [0, 0.1) is 0 Å². The topological polar surface area (TPSA) is 16.4 Å². The van der Waals surface area contributed by atoms with Crippen LogP contribution in [-0.2, 0) is 0 Å². The van der Waals surface area contributed by atoms with Crippen molar-refractivity contribution in [3.05, 3.63) is 224 Å². The smallest absolute Gasteiger partial charge is 0.137 e. The molecule has 11 aromatic rings. The Morgan fingerprint density at radius 1 is 0.293 bits per heavy atom. The third-order valence-corrected chi connectivity index (χ3v) is 11.5. The van der Waals surface area contributed by atoms with Gasteiger partial charge < -0.3 is 9.32 Å². The van der Waals surface area contributed by atoms with Crippen LogP contribution in [0.15, 0.2) is 229 Å². The van der Waals surface area contributed by atoms with Crippen LogP contribution < -0.4 is 4.90 Å². The van der Waals surface area contributed by atoms with Crippen molar-refractivity contribution in [3.63, 3.8) is 0 Å². The third-order valence-electron chi connectivity index (χ3n) is 11.5. The normalized spacial score (nSPS) is 11.4. The maximum atomic E-state index is 6.53. The van der Waals surface area contributed by atoms with Crippen LogP contribution in [0.3, 0.4) is 0 Å². The average Bonchev–Trinajstić information content (AvgIpc) is 3.67. The predicted molar refractivity (Wildman–Crippen MR) is 245 cm³/mol. The zero-order chi connectivity index (χ0) is 38.4. The van der Waals surface area contributed by atoms with E-state index in [-0.39, 0.29) is 0 Å². The van der Waals surface area contributed by atoms with E-state index < -0.39 is 0 Å². The van der Waals surface area contributed by atoms with Gasteiger partial charge in [-0.1, -0.05) is 182 Å². The molecule has 0 radical (unpaired) electrons. The van der Waals surface area contributed by atoms with Gasteiger partial charge in [-0.2, -0.15) is 0 Å². The maximum absolute atomic E-state index is 6.53. The summed E-state index contributed by atoms with van der Waals surface area (Å²) in [5, 5.41) is 7.07. The van der Waals surface area contributed by atoms with Gasteiger partial charge in [-0.15, -0.1) is 0 Å². The number of para-hydroxylation sites is 1. The van der Waals surface area contributed by atoms with Gasteiger partial charge in [0.2, 0.25) is 0 Å². The highest BCUT2D eigenvalue weighted by molar-refractivity contribution is 6.11. The zero-order valence-electron chi connectivity index (χ0n) is 31.7. The molecule has 0 amide bonds. The van der Waals surface area contributed by atoms with Crippen molar-refractivity contribution >= 4 is 60.5 Å². The van der Waals surface area contributed by atoms with E-state index in [4.69, 9.17) is 4.42 Å². The largest absolute Gasteiger partial charge is 0.456 e. The van der Waals surface area contributed by atoms with Crippen LogP contribution in [0.1, 0.15) is 0 Å². The van der Waals surface area contributed by atoms with Crippen LogP contribution in [0.25, 0.3) is 88.0 Å². The van der Waals surface area contributed by atoms with Crippen LogP contribution in [0.4, 0.5) is 17.1 Å². The molecule has 272 valence electrons. The molecule has 0 saturated heterocycles. The highest BCUT2D eigenvalue weighted by Crippen LogP contribution is 2.49. The highest BCUT2D eigenvalue weighted by Gasteiger charge is 2.24. The van der Waals surface area contributed by atoms with Gasteiger partial charge in [-0.05, 0) is 96.9 Å². The van der Waals surface area contributed by atoms with E-state index in [1.54, 1.807) is 0 Å². The number of hydrogen-bond donors (Lipinski definition) is 0. The van der Waals surface area contributed by atoms with Gasteiger partial charge >= 0.3 is 0 Å². The molecule has 2 nitrogen and oxygen atoms in total. The van der Waals surface area contributed by atoms with Crippen molar-refractivity contribution < 1.29 is 4.42 Å². The average molecular weight is 740 g/mol. The molecule has 10 aromatic carbocycles. The molecular weight excluding hydrogens is 703 g/mol. The lowest BCUT2D eigenvalue weighted by molar-refractivity contribution is 0.669. The van der Waals surface area contributed by atoms with Gasteiger partial charge in [0.1, 0.15) is 11.2 Å². The number of rotatable bonds is 7. The Morgan fingerprint density at radius 2 is 0.793 bits per heavy atom. The molecule has 11 rings (SSSR count). The molecule has 0 N–H and O–H groups in total. The second-order valence-electron chi connectivity index (χ2n) is 14.8. The van der Waals surface area contributed by atoms with Crippen molar-refractivity contribution in [2.45, 2.75) is 0 Å². The number of hydrogen-bond acceptors (Lipinski definition) is 2. The second kappa shape index (κ2) is 14.1. The van der Waals surface area contributed by atoms with Gasteiger partial charge in [0.15, 0.2) is 0 Å². The van der Waals surface area contributed by atoms with Crippen molar-refractivity contribution in [3.8, 4) is 44.5 Å². The summed E-state index contributed by atoms with van der Waals surface area (Å²) in [5.74, 6) is 0. The molecule has 0 bridgehead atoms. The molecule has 1 aromatic heterocycles. The molecule has 0 aliphatic carbocycles. The predicted octanol–water partition coefficient (Wildman–Crippen LogP) is 16.0. The van der Waals surface area contributed by atoms with Gasteiger partial charge in [-0.3, -0.25) is 0 Å². The standard InChI is InChI=1S/C56H37NO/c1-2-15-38(16-3-1)44-21-8-9-22-45(44)41-31-33-42(34-32-41)57(43-35-36-50-49-25-10-11-30-54(49)58-55(50)37-43)53-29-14-28-52(48-26-12-19-39-17-4-6-23-46(39)48)56(53)51-27-13-20-40-18-5-7-24-47(40)51/h1-37H. The minimum absolute atomic E-state index is 0.856. The van der Waals surface area contributed by atoms with Crippen LogP contribution >= 0.6 is 0 Å². The Bertz CT molecular complexity index is 3270. The molecule has 0 fully saturated rings. The first-order valence-corrected chi connectivity index (χ1v) is 19.8. The van der Waals surface area contributed by atoms with Gasteiger partial charge in [0.25, 0.3) is 0 Å². The molecule has 1 heterocycles. The molecule has 0 aliphatic heterocycles. The monoisotopic (exact) mass is 739 g/mol. The lowest BCUT2D eigenvalue weighted by Gasteiger charge is -2.30. The number of furan rings is 1. The number of benzene rings is 10. The van der Waals surface area contributed by atoms with Crippen molar-refractivity contribution in [2.24, 2.45) is 0 Å². The van der Waals surface area contributed by atoms with Gasteiger partial charge in [0, 0.05) is 33.8 Å². The zero-order valence-corrected chi connectivity index (χ0v) is 31.7. The molecular formula is C56H37NO. The lowest BCUT2D eigenvalue weighted by Crippen LogP contribution is -2.12. The second-order valence-corrected chi connectivity index (χ2v) is 14.8. The first-order chi connectivity index (χ1) is 28.8. The van der Waals surface area contributed by atoms with E-state index in [0.29, 0.717) is 0 Å². The summed E-state index contributed by atoms with van der Waals surface area (Å²) >= 11 is 0. The summed E-state index contributed by atoms with van der Waals surface area (Å²) in [5.41, 5.74) is 14.4. The minimum atomic E-state index is 0.856. The SMILES string of the molecule is c1ccc(-c2ccccc2-c2ccc(N(c3ccc4c(c3)oc3ccccc34)c3cccc(-c4cccc5ccccc45)c3-c3cccc4ccccc34)cc2)cc1. The molecule has 0 saturated carbocycles. The molecule has 0 aliphatic rings. The van der Waals surface area contributed by atoms with Crippen molar-refractivity contribution in [2.75, 3.05) is 4.90 Å². The van der Waals surface area contributed by atoms with E-state index in [1.807, 2.05) is 12.1 Å². The number of fused-ring (bicyclic) bond motifs is 5. The highest BCUT2D eigenvalue weighted by atomic mass is 16.3. The third kappa shape index (κ3) is 5.74. The minimum Gasteiger partial charge on any atom is -0.456 e. The summed E-state index contributed by atoms with van der Waals surface area (Å²) in [4.78, 5) is 2.41. The van der Waals surface area contributed by atoms with E-state index in [2.05, 4.69) is 217 Å². The van der Waals surface area contributed by atoms with Gasteiger partial charge in [-0.25, -0.2) is 0 Å². The van der Waals surface area contributed by atoms with Crippen LogP contribution in [0.2, 0.25) is 0 Å². The lowest BCUT2D eigenvalue weighted by atomic mass is 9.87. The first kappa shape index (κ1) is 33.6. The summed E-state index contributed by atoms with van der Waals surface area (Å²) in [6.45, 7) is 0. The molecule has 2 heteroatoms. The van der Waals surface area contributed by atoms with E-state index in [1.165, 1.54) is 60.5 Å². The Hall–Kier alpha value is -7.68. The summed E-state index contributed by atoms with van der Waals surface area (Å²) < 4.78 is 6.53. The summed E-state index contributed by atoms with van der Waals surface area (Å²) in [6, 6.07) is 80.8. The van der Waals surface area contributed by atoms with E-state index >= 15 is 0 Å². The van der Waals surface area contributed by atoms with Crippen molar-refractivity contribution in [1.82, 2.24) is 0 Å². The Morgan fingerprint density at radius 3 is 1.53 bits per heavy atom. The van der Waals surface area contributed by atoms with Crippen LogP contribution in [0.5, 0.6) is 0 Å².